The third kappa shape index (κ3) is 5.76. The second-order valence-electron chi connectivity index (χ2n) is 8.63. The van der Waals surface area contributed by atoms with Gasteiger partial charge < -0.3 is 9.47 Å². The molecule has 0 bridgehead atoms. The minimum absolute atomic E-state index is 0.273. The van der Waals surface area contributed by atoms with Crippen LogP contribution in [0.25, 0.3) is 11.1 Å². The third-order valence-corrected chi connectivity index (χ3v) is 5.03. The molecule has 0 aliphatic rings. The molecule has 4 nitrogen and oxygen atoms in total. The summed E-state index contributed by atoms with van der Waals surface area (Å²) in [5, 5.41) is 9.31. The lowest BCUT2D eigenvalue weighted by Gasteiger charge is -2.19. The van der Waals surface area contributed by atoms with Crippen LogP contribution >= 0.6 is 0 Å². The van der Waals surface area contributed by atoms with E-state index in [0.29, 0.717) is 12.2 Å². The van der Waals surface area contributed by atoms with Gasteiger partial charge in [-0.3, -0.25) is 0 Å². The number of benzene rings is 3. The average Bonchev–Trinajstić information content (AvgIpc) is 2.77. The van der Waals surface area contributed by atoms with Crippen LogP contribution in [0.15, 0.2) is 66.7 Å². The van der Waals surface area contributed by atoms with Crippen LogP contribution in [0, 0.1) is 11.3 Å². The fraction of sp³-hybridized carbons (Fsp3) is 0.286. The second kappa shape index (κ2) is 10.2. The molecule has 3 rings (SSSR count). The van der Waals surface area contributed by atoms with Crippen LogP contribution in [0.3, 0.4) is 0 Å². The van der Waals surface area contributed by atoms with E-state index in [9.17, 15) is 10.1 Å². The number of nitrogens with zero attached hydrogens (tertiary/aromatic N) is 1. The van der Waals surface area contributed by atoms with E-state index in [0.717, 1.165) is 34.4 Å². The van der Waals surface area contributed by atoms with Crippen LogP contribution in [-0.2, 0) is 24.2 Å². The van der Waals surface area contributed by atoms with Gasteiger partial charge >= 0.3 is 5.97 Å². The van der Waals surface area contributed by atoms with E-state index >= 15 is 0 Å². The molecule has 0 heterocycles. The maximum absolute atomic E-state index is 12.2. The van der Waals surface area contributed by atoms with Crippen molar-refractivity contribution in [3.63, 3.8) is 0 Å². The van der Waals surface area contributed by atoms with Gasteiger partial charge in [0.15, 0.2) is 0 Å². The molecule has 0 fully saturated rings. The molecule has 0 unspecified atom stereocenters. The molecule has 0 radical (unpaired) electrons. The Hall–Kier alpha value is -3.58. The summed E-state index contributed by atoms with van der Waals surface area (Å²) in [5.41, 5.74) is 5.10. The highest BCUT2D eigenvalue weighted by molar-refractivity contribution is 5.89. The summed E-state index contributed by atoms with van der Waals surface area (Å²) in [6, 6.07) is 23.7. The topological polar surface area (TPSA) is 59.3 Å². The van der Waals surface area contributed by atoms with Gasteiger partial charge in [-0.2, -0.15) is 5.26 Å². The standard InChI is InChI=1S/C28H29NO3/c1-5-21-9-6-7-11-24(21)25-12-8-10-22(17-18-29)26(25)31-19-20-13-15-23(16-14-20)27(30)32-28(2,3)4/h6-16H,5,17,19H2,1-4H3. The van der Waals surface area contributed by atoms with Crippen LogP contribution in [0.2, 0.25) is 0 Å². The fourth-order valence-corrected chi connectivity index (χ4v) is 3.51. The van der Waals surface area contributed by atoms with Crippen molar-refractivity contribution in [1.29, 1.82) is 5.26 Å². The first kappa shape index (κ1) is 23.1. The Bertz CT molecular complexity index is 1120. The molecular formula is C28H29NO3. The van der Waals surface area contributed by atoms with Gasteiger partial charge in [0.25, 0.3) is 0 Å². The Labute approximate surface area is 190 Å². The highest BCUT2D eigenvalue weighted by Crippen LogP contribution is 2.36. The molecule has 0 atom stereocenters. The predicted octanol–water partition coefficient (Wildman–Crippen LogP) is 6.52. The first-order chi connectivity index (χ1) is 15.3. The van der Waals surface area contributed by atoms with E-state index in [1.807, 2.05) is 63.2 Å². The molecular weight excluding hydrogens is 398 g/mol. The number of carbonyl (C=O) groups excluding carboxylic acids is 1. The lowest BCUT2D eigenvalue weighted by Crippen LogP contribution is -2.23. The molecule has 164 valence electrons. The summed E-state index contributed by atoms with van der Waals surface area (Å²) in [7, 11) is 0. The third-order valence-electron chi connectivity index (χ3n) is 5.03. The molecule has 0 N–H and O–H groups in total. The zero-order chi connectivity index (χ0) is 23.1. The minimum atomic E-state index is -0.533. The molecule has 0 aliphatic heterocycles. The summed E-state index contributed by atoms with van der Waals surface area (Å²) < 4.78 is 11.7. The first-order valence-corrected chi connectivity index (χ1v) is 10.8. The molecule has 4 heteroatoms. The van der Waals surface area contributed by atoms with Gasteiger partial charge in [-0.25, -0.2) is 4.79 Å². The van der Waals surface area contributed by atoms with Crippen molar-refractivity contribution in [2.75, 3.05) is 0 Å². The summed E-state index contributed by atoms with van der Waals surface area (Å²) in [6.07, 6.45) is 1.18. The quantitative estimate of drug-likeness (QED) is 0.403. The Morgan fingerprint density at radius 3 is 2.22 bits per heavy atom. The van der Waals surface area contributed by atoms with Gasteiger partial charge in [0.1, 0.15) is 18.0 Å². The summed E-state index contributed by atoms with van der Waals surface area (Å²) >= 11 is 0. The SMILES string of the molecule is CCc1ccccc1-c1cccc(CC#N)c1OCc1ccc(C(=O)OC(C)(C)C)cc1. The van der Waals surface area contributed by atoms with E-state index < -0.39 is 5.60 Å². The fourth-order valence-electron chi connectivity index (χ4n) is 3.51. The molecule has 0 aromatic heterocycles. The first-order valence-electron chi connectivity index (χ1n) is 10.8. The predicted molar refractivity (Wildman–Crippen MR) is 127 cm³/mol. The number of para-hydroxylation sites is 1. The van der Waals surface area contributed by atoms with Crippen LogP contribution in [0.4, 0.5) is 0 Å². The van der Waals surface area contributed by atoms with Gasteiger partial charge in [0, 0.05) is 11.1 Å². The summed E-state index contributed by atoms with van der Waals surface area (Å²) in [5.74, 6) is 0.383. The van der Waals surface area contributed by atoms with Crippen molar-refractivity contribution in [3.8, 4) is 22.9 Å². The van der Waals surface area contributed by atoms with Gasteiger partial charge in [-0.15, -0.1) is 0 Å². The van der Waals surface area contributed by atoms with Crippen molar-refractivity contribution in [3.05, 3.63) is 89.0 Å². The zero-order valence-electron chi connectivity index (χ0n) is 19.1. The molecule has 0 saturated carbocycles. The van der Waals surface area contributed by atoms with Crippen molar-refractivity contribution in [2.45, 2.75) is 52.7 Å². The van der Waals surface area contributed by atoms with Gasteiger partial charge in [0.2, 0.25) is 0 Å². The van der Waals surface area contributed by atoms with E-state index in [1.165, 1.54) is 5.56 Å². The van der Waals surface area contributed by atoms with Crippen molar-refractivity contribution in [1.82, 2.24) is 0 Å². The highest BCUT2D eigenvalue weighted by atomic mass is 16.6. The maximum atomic E-state index is 12.2. The smallest absolute Gasteiger partial charge is 0.338 e. The van der Waals surface area contributed by atoms with Crippen LogP contribution in [0.5, 0.6) is 5.75 Å². The molecule has 3 aromatic rings. The maximum Gasteiger partial charge on any atom is 0.338 e. The summed E-state index contributed by atoms with van der Waals surface area (Å²) in [4.78, 5) is 12.2. The second-order valence-corrected chi connectivity index (χ2v) is 8.63. The monoisotopic (exact) mass is 427 g/mol. The van der Waals surface area contributed by atoms with Crippen LogP contribution < -0.4 is 4.74 Å². The number of rotatable bonds is 7. The molecule has 3 aromatic carbocycles. The molecule has 0 saturated heterocycles. The normalized spacial score (nSPS) is 11.0. The Morgan fingerprint density at radius 1 is 0.906 bits per heavy atom. The van der Waals surface area contributed by atoms with Crippen LogP contribution in [0.1, 0.15) is 54.7 Å². The van der Waals surface area contributed by atoms with Gasteiger partial charge in [-0.1, -0.05) is 61.5 Å². The lowest BCUT2D eigenvalue weighted by atomic mass is 9.95. The number of ether oxygens (including phenoxy) is 2. The number of hydrogen-bond donors (Lipinski definition) is 0. The van der Waals surface area contributed by atoms with Crippen LogP contribution in [-0.4, -0.2) is 11.6 Å². The van der Waals surface area contributed by atoms with Crippen molar-refractivity contribution >= 4 is 5.97 Å². The zero-order valence-corrected chi connectivity index (χ0v) is 19.1. The average molecular weight is 428 g/mol. The number of aryl methyl sites for hydroxylation is 1. The van der Waals surface area contributed by atoms with E-state index in [2.05, 4.69) is 25.1 Å². The Kier molecular flexibility index (Phi) is 7.33. The molecule has 0 spiro atoms. The number of carbonyl (C=O) groups is 1. The lowest BCUT2D eigenvalue weighted by molar-refractivity contribution is 0.00695. The van der Waals surface area contributed by atoms with E-state index in [-0.39, 0.29) is 12.4 Å². The summed E-state index contributed by atoms with van der Waals surface area (Å²) in [6.45, 7) is 8.00. The van der Waals surface area contributed by atoms with Crippen molar-refractivity contribution < 1.29 is 14.3 Å². The number of hydrogen-bond acceptors (Lipinski definition) is 4. The van der Waals surface area contributed by atoms with Gasteiger partial charge in [-0.05, 0) is 56.0 Å². The van der Waals surface area contributed by atoms with Gasteiger partial charge in [0.05, 0.1) is 18.1 Å². The molecule has 32 heavy (non-hydrogen) atoms. The Morgan fingerprint density at radius 2 is 1.56 bits per heavy atom. The largest absolute Gasteiger partial charge is 0.488 e. The van der Waals surface area contributed by atoms with E-state index in [4.69, 9.17) is 9.47 Å². The molecule has 0 amide bonds. The number of esters is 1. The minimum Gasteiger partial charge on any atom is -0.488 e. The molecule has 0 aliphatic carbocycles. The number of nitriles is 1. The van der Waals surface area contributed by atoms with E-state index in [1.54, 1.807) is 12.1 Å². The highest BCUT2D eigenvalue weighted by Gasteiger charge is 2.18. The van der Waals surface area contributed by atoms with Crippen molar-refractivity contribution in [2.24, 2.45) is 0 Å². The Balaban J connectivity index is 1.86.